The zero-order chi connectivity index (χ0) is 17.8. The third kappa shape index (κ3) is 3.87. The van der Waals surface area contributed by atoms with Crippen molar-refractivity contribution in [2.45, 2.75) is 6.61 Å². The topological polar surface area (TPSA) is 82.8 Å². The number of benzene rings is 1. The van der Waals surface area contributed by atoms with Gasteiger partial charge in [-0.25, -0.2) is 0 Å². The Kier molecular flexibility index (Phi) is 4.85. The van der Waals surface area contributed by atoms with E-state index >= 15 is 0 Å². The third-order valence-corrected chi connectivity index (χ3v) is 4.52. The van der Waals surface area contributed by atoms with Crippen LogP contribution in [0.2, 0.25) is 0 Å². The quantitative estimate of drug-likeness (QED) is 0.715. The standard InChI is InChI=1S/C18H16N2O5S/c21-18(19-12-3-4-14-15(8-12)24-6-5-23-14)11-22-10-13-9-16(25-20-13)17-2-1-7-26-17/h1-4,7-9H,5-6,10-11H2,(H,19,21). The van der Waals surface area contributed by atoms with Gasteiger partial charge in [-0.1, -0.05) is 11.2 Å². The molecule has 0 radical (unpaired) electrons. The molecule has 0 fully saturated rings. The average molecular weight is 372 g/mol. The van der Waals surface area contributed by atoms with Crippen LogP contribution in [-0.2, 0) is 16.1 Å². The maximum absolute atomic E-state index is 12.0. The number of carbonyl (C=O) groups is 1. The number of nitrogens with zero attached hydrogens (tertiary/aromatic N) is 1. The second kappa shape index (κ2) is 7.59. The number of amides is 1. The molecule has 3 heterocycles. The van der Waals surface area contributed by atoms with Crippen LogP contribution in [-0.4, -0.2) is 30.9 Å². The van der Waals surface area contributed by atoms with Gasteiger partial charge >= 0.3 is 0 Å². The van der Waals surface area contributed by atoms with E-state index in [0.717, 1.165) is 4.88 Å². The second-order valence-electron chi connectivity index (χ2n) is 5.56. The summed E-state index contributed by atoms with van der Waals surface area (Å²) in [5, 5.41) is 8.68. The molecule has 0 bridgehead atoms. The van der Waals surface area contributed by atoms with E-state index in [0.29, 0.717) is 41.9 Å². The molecular formula is C18H16N2O5S. The van der Waals surface area contributed by atoms with E-state index in [2.05, 4.69) is 10.5 Å². The molecule has 8 heteroatoms. The minimum atomic E-state index is -0.261. The fourth-order valence-electron chi connectivity index (χ4n) is 2.48. The van der Waals surface area contributed by atoms with E-state index in [-0.39, 0.29) is 19.1 Å². The molecular weight excluding hydrogens is 356 g/mol. The van der Waals surface area contributed by atoms with Crippen molar-refractivity contribution in [3.63, 3.8) is 0 Å². The number of aromatic nitrogens is 1. The molecule has 1 aliphatic rings. The summed E-state index contributed by atoms with van der Waals surface area (Å²) < 4.78 is 21.6. The molecule has 3 aromatic rings. The van der Waals surface area contributed by atoms with Gasteiger partial charge < -0.3 is 24.1 Å². The lowest BCUT2D eigenvalue weighted by Crippen LogP contribution is -2.19. The molecule has 7 nitrogen and oxygen atoms in total. The van der Waals surface area contributed by atoms with Crippen LogP contribution < -0.4 is 14.8 Å². The van der Waals surface area contributed by atoms with E-state index in [1.54, 1.807) is 29.5 Å². The number of thiophene rings is 1. The van der Waals surface area contributed by atoms with Gasteiger partial charge in [0.15, 0.2) is 17.3 Å². The van der Waals surface area contributed by atoms with E-state index in [4.69, 9.17) is 18.7 Å². The second-order valence-corrected chi connectivity index (χ2v) is 6.51. The van der Waals surface area contributed by atoms with E-state index < -0.39 is 0 Å². The number of nitrogens with one attached hydrogen (secondary N) is 1. The predicted molar refractivity (Wildman–Crippen MR) is 95.5 cm³/mol. The maximum atomic E-state index is 12.0. The Balaban J connectivity index is 1.27. The third-order valence-electron chi connectivity index (χ3n) is 3.63. The molecule has 4 rings (SSSR count). The average Bonchev–Trinajstić information content (AvgIpc) is 3.33. The zero-order valence-corrected chi connectivity index (χ0v) is 14.6. The molecule has 1 amide bonds. The molecule has 0 spiro atoms. The first-order valence-electron chi connectivity index (χ1n) is 8.05. The van der Waals surface area contributed by atoms with Crippen LogP contribution in [0.3, 0.4) is 0 Å². The van der Waals surface area contributed by atoms with Crippen molar-refractivity contribution in [2.75, 3.05) is 25.1 Å². The summed E-state index contributed by atoms with van der Waals surface area (Å²) in [5.74, 6) is 1.74. The molecule has 26 heavy (non-hydrogen) atoms. The molecule has 0 saturated heterocycles. The SMILES string of the molecule is O=C(COCc1cc(-c2cccs2)on1)Nc1ccc2c(c1)OCCO2. The van der Waals surface area contributed by atoms with Gasteiger partial charge in [0.1, 0.15) is 25.5 Å². The lowest BCUT2D eigenvalue weighted by molar-refractivity contribution is -0.121. The maximum Gasteiger partial charge on any atom is 0.250 e. The molecule has 2 aromatic heterocycles. The largest absolute Gasteiger partial charge is 0.486 e. The zero-order valence-electron chi connectivity index (χ0n) is 13.8. The summed E-state index contributed by atoms with van der Waals surface area (Å²) in [6, 6.07) is 11.0. The Morgan fingerprint density at radius 2 is 2.08 bits per heavy atom. The summed E-state index contributed by atoms with van der Waals surface area (Å²) >= 11 is 1.57. The summed E-state index contributed by atoms with van der Waals surface area (Å²) in [7, 11) is 0. The minimum Gasteiger partial charge on any atom is -0.486 e. The Morgan fingerprint density at radius 1 is 1.19 bits per heavy atom. The summed E-state index contributed by atoms with van der Waals surface area (Å²) in [6.07, 6.45) is 0. The molecule has 0 unspecified atom stereocenters. The van der Waals surface area contributed by atoms with Crippen LogP contribution in [0.25, 0.3) is 10.6 Å². The van der Waals surface area contributed by atoms with Crippen molar-refractivity contribution in [1.82, 2.24) is 5.16 Å². The highest BCUT2D eigenvalue weighted by molar-refractivity contribution is 7.13. The smallest absolute Gasteiger partial charge is 0.250 e. The van der Waals surface area contributed by atoms with Gasteiger partial charge in [-0.15, -0.1) is 11.3 Å². The molecule has 1 N–H and O–H groups in total. The fraction of sp³-hybridized carbons (Fsp3) is 0.222. The first-order chi connectivity index (χ1) is 12.8. The first-order valence-corrected chi connectivity index (χ1v) is 8.92. The van der Waals surface area contributed by atoms with Crippen molar-refractivity contribution < 1.29 is 23.5 Å². The summed E-state index contributed by atoms with van der Waals surface area (Å²) in [5.41, 5.74) is 1.27. The minimum absolute atomic E-state index is 0.0877. The Bertz CT molecular complexity index is 891. The predicted octanol–water partition coefficient (Wildman–Crippen LogP) is 3.33. The fourth-order valence-corrected chi connectivity index (χ4v) is 3.15. The monoisotopic (exact) mass is 372 g/mol. The lowest BCUT2D eigenvalue weighted by atomic mass is 10.2. The van der Waals surface area contributed by atoms with Crippen LogP contribution in [0.5, 0.6) is 11.5 Å². The van der Waals surface area contributed by atoms with Gasteiger partial charge in [0.05, 0.1) is 11.5 Å². The van der Waals surface area contributed by atoms with Gasteiger partial charge in [-0.05, 0) is 23.6 Å². The number of anilines is 1. The van der Waals surface area contributed by atoms with E-state index in [9.17, 15) is 4.79 Å². The van der Waals surface area contributed by atoms with Crippen LogP contribution >= 0.6 is 11.3 Å². The van der Waals surface area contributed by atoms with Crippen molar-refractivity contribution >= 4 is 22.9 Å². The highest BCUT2D eigenvalue weighted by Crippen LogP contribution is 2.32. The highest BCUT2D eigenvalue weighted by Gasteiger charge is 2.13. The number of rotatable bonds is 6. The number of carbonyl (C=O) groups excluding carboxylic acids is 1. The van der Waals surface area contributed by atoms with Crippen molar-refractivity contribution in [2.24, 2.45) is 0 Å². The van der Waals surface area contributed by atoms with Gasteiger partial charge in [-0.2, -0.15) is 0 Å². The Hall–Kier alpha value is -2.84. The van der Waals surface area contributed by atoms with Crippen LogP contribution in [0, 0.1) is 0 Å². The first kappa shape index (κ1) is 16.6. The summed E-state index contributed by atoms with van der Waals surface area (Å²) in [6.45, 7) is 1.14. The van der Waals surface area contributed by atoms with Crippen molar-refractivity contribution in [3.05, 3.63) is 47.5 Å². The number of fused-ring (bicyclic) bond motifs is 1. The van der Waals surface area contributed by atoms with Crippen LogP contribution in [0.4, 0.5) is 5.69 Å². The molecule has 0 aliphatic carbocycles. The van der Waals surface area contributed by atoms with Crippen LogP contribution in [0.1, 0.15) is 5.69 Å². The van der Waals surface area contributed by atoms with Gasteiger partial charge in [-0.3, -0.25) is 4.79 Å². The molecule has 0 atom stereocenters. The number of hydrogen-bond donors (Lipinski definition) is 1. The molecule has 0 saturated carbocycles. The molecule has 1 aromatic carbocycles. The number of hydrogen-bond acceptors (Lipinski definition) is 7. The molecule has 1 aliphatic heterocycles. The van der Waals surface area contributed by atoms with Gasteiger partial charge in [0, 0.05) is 17.8 Å². The van der Waals surface area contributed by atoms with E-state index in [1.807, 2.05) is 23.6 Å². The number of ether oxygens (including phenoxy) is 3. The van der Waals surface area contributed by atoms with Gasteiger partial charge in [0.25, 0.3) is 0 Å². The normalized spacial score (nSPS) is 12.8. The lowest BCUT2D eigenvalue weighted by Gasteiger charge is -2.19. The van der Waals surface area contributed by atoms with Crippen molar-refractivity contribution in [3.8, 4) is 22.1 Å². The highest BCUT2D eigenvalue weighted by atomic mass is 32.1. The van der Waals surface area contributed by atoms with Crippen molar-refractivity contribution in [1.29, 1.82) is 0 Å². The molecule has 134 valence electrons. The Labute approximate surface area is 153 Å². The summed E-state index contributed by atoms with van der Waals surface area (Å²) in [4.78, 5) is 13.0. The van der Waals surface area contributed by atoms with Crippen LogP contribution in [0.15, 0.2) is 46.3 Å². The van der Waals surface area contributed by atoms with E-state index in [1.165, 1.54) is 0 Å². The Morgan fingerprint density at radius 3 is 2.92 bits per heavy atom. The van der Waals surface area contributed by atoms with Gasteiger partial charge in [0.2, 0.25) is 5.91 Å².